The van der Waals surface area contributed by atoms with E-state index >= 15 is 0 Å². The van der Waals surface area contributed by atoms with Crippen molar-refractivity contribution in [3.05, 3.63) is 34.7 Å². The summed E-state index contributed by atoms with van der Waals surface area (Å²) in [6, 6.07) is 3.45. The van der Waals surface area contributed by atoms with E-state index in [1.807, 2.05) is 13.8 Å². The maximum atomic E-state index is 11.4. The molecular formula is C13H15ClN2O2. The van der Waals surface area contributed by atoms with Gasteiger partial charge < -0.3 is 5.11 Å². The number of carboxylic acid groups (broad SMARTS) is 1. The lowest BCUT2D eigenvalue weighted by atomic mass is 9.98. The van der Waals surface area contributed by atoms with Gasteiger partial charge in [-0.1, -0.05) is 25.4 Å². The predicted molar refractivity (Wildman–Crippen MR) is 70.5 cm³/mol. The monoisotopic (exact) mass is 266 g/mol. The van der Waals surface area contributed by atoms with Crippen LogP contribution in [0.2, 0.25) is 5.02 Å². The Morgan fingerprint density at radius 3 is 2.67 bits per heavy atom. The highest BCUT2D eigenvalue weighted by Crippen LogP contribution is 2.27. The zero-order valence-electron chi connectivity index (χ0n) is 10.4. The Hall–Kier alpha value is -1.55. The molecule has 0 bridgehead atoms. The van der Waals surface area contributed by atoms with Gasteiger partial charge in [-0.15, -0.1) is 0 Å². The van der Waals surface area contributed by atoms with E-state index in [0.29, 0.717) is 16.4 Å². The molecule has 96 valence electrons. The zero-order chi connectivity index (χ0) is 13.3. The summed E-state index contributed by atoms with van der Waals surface area (Å²) >= 11 is 5.91. The van der Waals surface area contributed by atoms with Gasteiger partial charge in [0.2, 0.25) is 0 Å². The van der Waals surface area contributed by atoms with Gasteiger partial charge in [0.05, 0.1) is 10.7 Å². The molecule has 0 fully saturated rings. The third kappa shape index (κ3) is 2.08. The normalized spacial score (nSPS) is 11.3. The molecule has 0 spiro atoms. The van der Waals surface area contributed by atoms with Crippen molar-refractivity contribution in [2.24, 2.45) is 0 Å². The second-order valence-corrected chi connectivity index (χ2v) is 4.68. The van der Waals surface area contributed by atoms with Crippen LogP contribution in [-0.4, -0.2) is 20.5 Å². The molecule has 1 N–H and O–H groups in total. The van der Waals surface area contributed by atoms with Crippen LogP contribution < -0.4 is 0 Å². The molecule has 0 aliphatic carbocycles. The Bertz CT molecular complexity index is 588. The second kappa shape index (κ2) is 4.98. The lowest BCUT2D eigenvalue weighted by Gasteiger charge is -2.10. The quantitative estimate of drug-likeness (QED) is 0.920. The lowest BCUT2D eigenvalue weighted by Crippen LogP contribution is -2.08. The molecule has 2 heterocycles. The molecule has 2 rings (SSSR count). The van der Waals surface area contributed by atoms with Gasteiger partial charge in [0.1, 0.15) is 5.65 Å². The summed E-state index contributed by atoms with van der Waals surface area (Å²) in [7, 11) is 0. The van der Waals surface area contributed by atoms with Crippen LogP contribution in [0.25, 0.3) is 5.65 Å². The van der Waals surface area contributed by atoms with Gasteiger partial charge in [-0.3, -0.25) is 4.40 Å². The molecule has 0 aliphatic rings. The van der Waals surface area contributed by atoms with Gasteiger partial charge in [-0.25, -0.2) is 9.78 Å². The fourth-order valence-electron chi connectivity index (χ4n) is 2.21. The third-order valence-corrected chi connectivity index (χ3v) is 3.41. The van der Waals surface area contributed by atoms with E-state index in [1.165, 1.54) is 0 Å². The van der Waals surface area contributed by atoms with Crippen molar-refractivity contribution >= 4 is 23.2 Å². The van der Waals surface area contributed by atoms with E-state index in [9.17, 15) is 9.90 Å². The first-order valence-electron chi connectivity index (χ1n) is 5.99. The van der Waals surface area contributed by atoms with E-state index < -0.39 is 5.97 Å². The van der Waals surface area contributed by atoms with Crippen LogP contribution in [0.5, 0.6) is 0 Å². The minimum Gasteiger partial charge on any atom is -0.477 e. The molecule has 2 aromatic rings. The predicted octanol–water partition coefficient (Wildman–Crippen LogP) is 3.59. The van der Waals surface area contributed by atoms with Crippen LogP contribution in [0.4, 0.5) is 0 Å². The summed E-state index contributed by atoms with van der Waals surface area (Å²) in [6.07, 6.45) is 3.34. The van der Waals surface area contributed by atoms with Crippen LogP contribution in [0.1, 0.15) is 48.8 Å². The SMILES string of the molecule is CCC(CC)c1nc2ccc(Cl)cn2c1C(=O)O. The van der Waals surface area contributed by atoms with Crippen LogP contribution in [0.3, 0.4) is 0 Å². The van der Waals surface area contributed by atoms with Crippen molar-refractivity contribution in [1.29, 1.82) is 0 Å². The smallest absolute Gasteiger partial charge is 0.354 e. The maximum absolute atomic E-state index is 11.4. The van der Waals surface area contributed by atoms with Crippen LogP contribution in [0, 0.1) is 0 Å². The minimum atomic E-state index is -0.966. The summed E-state index contributed by atoms with van der Waals surface area (Å²) < 4.78 is 1.55. The fourth-order valence-corrected chi connectivity index (χ4v) is 2.37. The summed E-state index contributed by atoms with van der Waals surface area (Å²) in [4.78, 5) is 15.9. The van der Waals surface area contributed by atoms with Crippen molar-refractivity contribution in [1.82, 2.24) is 9.38 Å². The summed E-state index contributed by atoms with van der Waals surface area (Å²) in [6.45, 7) is 4.08. The Labute approximate surface area is 110 Å². The maximum Gasteiger partial charge on any atom is 0.354 e. The van der Waals surface area contributed by atoms with E-state index in [4.69, 9.17) is 11.6 Å². The number of hydrogen-bond acceptors (Lipinski definition) is 2. The topological polar surface area (TPSA) is 54.6 Å². The van der Waals surface area contributed by atoms with E-state index in [-0.39, 0.29) is 11.6 Å². The number of hydrogen-bond donors (Lipinski definition) is 1. The van der Waals surface area contributed by atoms with Gasteiger partial charge in [0.25, 0.3) is 0 Å². The fraction of sp³-hybridized carbons (Fsp3) is 0.385. The van der Waals surface area contributed by atoms with Gasteiger partial charge >= 0.3 is 5.97 Å². The highest BCUT2D eigenvalue weighted by Gasteiger charge is 2.23. The molecule has 0 aromatic carbocycles. The van der Waals surface area contributed by atoms with Crippen LogP contribution in [0.15, 0.2) is 18.3 Å². The average molecular weight is 267 g/mol. The van der Waals surface area contributed by atoms with Crippen LogP contribution in [-0.2, 0) is 0 Å². The van der Waals surface area contributed by atoms with Crippen LogP contribution >= 0.6 is 11.6 Å². The number of imidazole rings is 1. The number of pyridine rings is 1. The Balaban J connectivity index is 2.73. The first-order chi connectivity index (χ1) is 8.58. The number of aromatic carboxylic acids is 1. The van der Waals surface area contributed by atoms with Gasteiger partial charge in [0.15, 0.2) is 5.69 Å². The molecule has 0 saturated heterocycles. The van der Waals surface area contributed by atoms with Crippen molar-refractivity contribution < 1.29 is 9.90 Å². The first kappa shape index (κ1) is 12.9. The number of halogens is 1. The third-order valence-electron chi connectivity index (χ3n) is 3.18. The van der Waals surface area contributed by atoms with Crippen molar-refractivity contribution in [3.8, 4) is 0 Å². The van der Waals surface area contributed by atoms with Gasteiger partial charge in [-0.05, 0) is 25.0 Å². The Kier molecular flexibility index (Phi) is 3.57. The number of carbonyl (C=O) groups is 1. The number of nitrogens with zero attached hydrogens (tertiary/aromatic N) is 2. The number of fused-ring (bicyclic) bond motifs is 1. The highest BCUT2D eigenvalue weighted by atomic mass is 35.5. The molecule has 5 heteroatoms. The van der Waals surface area contributed by atoms with Crippen molar-refractivity contribution in [2.75, 3.05) is 0 Å². The molecule has 0 atom stereocenters. The van der Waals surface area contributed by atoms with Crippen molar-refractivity contribution in [3.63, 3.8) is 0 Å². The summed E-state index contributed by atoms with van der Waals surface area (Å²) in [5, 5.41) is 9.88. The van der Waals surface area contributed by atoms with Gasteiger partial charge in [0, 0.05) is 12.1 Å². The number of rotatable bonds is 4. The van der Waals surface area contributed by atoms with Gasteiger partial charge in [-0.2, -0.15) is 0 Å². The molecule has 0 radical (unpaired) electrons. The zero-order valence-corrected chi connectivity index (χ0v) is 11.1. The Morgan fingerprint density at radius 1 is 1.44 bits per heavy atom. The number of carboxylic acids is 1. The largest absolute Gasteiger partial charge is 0.477 e. The van der Waals surface area contributed by atoms with E-state index in [0.717, 1.165) is 12.8 Å². The Morgan fingerprint density at radius 2 is 2.11 bits per heavy atom. The van der Waals surface area contributed by atoms with E-state index in [1.54, 1.807) is 22.7 Å². The molecule has 18 heavy (non-hydrogen) atoms. The molecular weight excluding hydrogens is 252 g/mol. The van der Waals surface area contributed by atoms with E-state index in [2.05, 4.69) is 4.98 Å². The second-order valence-electron chi connectivity index (χ2n) is 4.24. The summed E-state index contributed by atoms with van der Waals surface area (Å²) in [5.41, 5.74) is 1.50. The first-order valence-corrected chi connectivity index (χ1v) is 6.37. The minimum absolute atomic E-state index is 0.162. The highest BCUT2D eigenvalue weighted by molar-refractivity contribution is 6.30. The standard InChI is InChI=1S/C13H15ClN2O2/c1-3-8(4-2)11-12(13(17)18)16-7-9(14)5-6-10(16)15-11/h5-8H,3-4H2,1-2H3,(H,17,18). The molecule has 2 aromatic heterocycles. The van der Waals surface area contributed by atoms with Crippen molar-refractivity contribution in [2.45, 2.75) is 32.6 Å². The molecule has 0 saturated carbocycles. The lowest BCUT2D eigenvalue weighted by molar-refractivity contribution is 0.0687. The molecule has 0 aliphatic heterocycles. The molecule has 4 nitrogen and oxygen atoms in total. The summed E-state index contributed by atoms with van der Waals surface area (Å²) in [5.74, 6) is -0.804. The number of aromatic nitrogens is 2. The average Bonchev–Trinajstić information content (AvgIpc) is 2.69. The molecule has 0 amide bonds. The molecule has 0 unspecified atom stereocenters.